The van der Waals surface area contributed by atoms with E-state index in [-0.39, 0.29) is 12.2 Å². The number of aliphatic hydroxyl groups is 1. The average molecular weight is 157 g/mol. The van der Waals surface area contributed by atoms with Gasteiger partial charge in [-0.05, 0) is 13.3 Å². The Balaban J connectivity index is 2.20. The van der Waals surface area contributed by atoms with Gasteiger partial charge in [0.2, 0.25) is 0 Å². The van der Waals surface area contributed by atoms with Crippen LogP contribution in [-0.2, 0) is 4.84 Å². The molecule has 0 aromatic carbocycles. The molecule has 0 aliphatic carbocycles. The van der Waals surface area contributed by atoms with E-state index in [9.17, 15) is 5.11 Å². The molecule has 0 aromatic rings. The third-order valence-electron chi connectivity index (χ3n) is 1.89. The lowest BCUT2D eigenvalue weighted by Gasteiger charge is -2.11. The van der Waals surface area contributed by atoms with Crippen molar-refractivity contribution in [2.45, 2.75) is 45.3 Å². The molecule has 1 heterocycles. The van der Waals surface area contributed by atoms with Gasteiger partial charge < -0.3 is 9.94 Å². The molecule has 0 spiro atoms. The number of nitrogens with zero attached hydrogens (tertiary/aromatic N) is 1. The van der Waals surface area contributed by atoms with Crippen molar-refractivity contribution in [2.75, 3.05) is 0 Å². The summed E-state index contributed by atoms with van der Waals surface area (Å²) in [5.74, 6) is 0. The first-order chi connectivity index (χ1) is 5.22. The predicted molar refractivity (Wildman–Crippen MR) is 43.5 cm³/mol. The minimum atomic E-state index is -0.235. The minimum Gasteiger partial charge on any atom is -0.393 e. The number of hydrogen-bond acceptors (Lipinski definition) is 3. The predicted octanol–water partition coefficient (Wildman–Crippen LogP) is 1.31. The van der Waals surface area contributed by atoms with Crippen LogP contribution in [0.4, 0.5) is 0 Å². The largest absolute Gasteiger partial charge is 0.393 e. The summed E-state index contributed by atoms with van der Waals surface area (Å²) in [5.41, 5.74) is 1.03. The molecule has 0 aromatic heterocycles. The fourth-order valence-corrected chi connectivity index (χ4v) is 1.17. The Morgan fingerprint density at radius 1 is 1.82 bits per heavy atom. The molecule has 11 heavy (non-hydrogen) atoms. The van der Waals surface area contributed by atoms with Crippen molar-refractivity contribution in [3.63, 3.8) is 0 Å². The van der Waals surface area contributed by atoms with E-state index in [1.807, 2.05) is 13.8 Å². The van der Waals surface area contributed by atoms with Gasteiger partial charge in [-0.25, -0.2) is 0 Å². The van der Waals surface area contributed by atoms with Crippen molar-refractivity contribution in [1.82, 2.24) is 0 Å². The van der Waals surface area contributed by atoms with Gasteiger partial charge in [0, 0.05) is 12.8 Å². The van der Waals surface area contributed by atoms with E-state index in [1.165, 1.54) is 0 Å². The van der Waals surface area contributed by atoms with Gasteiger partial charge in [-0.1, -0.05) is 12.1 Å². The van der Waals surface area contributed by atoms with Crippen molar-refractivity contribution in [3.8, 4) is 0 Å². The van der Waals surface area contributed by atoms with Crippen LogP contribution >= 0.6 is 0 Å². The maximum absolute atomic E-state index is 9.27. The Morgan fingerprint density at radius 2 is 2.55 bits per heavy atom. The molecule has 0 radical (unpaired) electrons. The van der Waals surface area contributed by atoms with Gasteiger partial charge in [0.15, 0.2) is 0 Å². The van der Waals surface area contributed by atoms with E-state index in [0.717, 1.165) is 18.6 Å². The van der Waals surface area contributed by atoms with E-state index in [0.29, 0.717) is 6.42 Å². The quantitative estimate of drug-likeness (QED) is 0.671. The molecular weight excluding hydrogens is 142 g/mol. The van der Waals surface area contributed by atoms with E-state index < -0.39 is 0 Å². The Kier molecular flexibility index (Phi) is 2.88. The summed E-state index contributed by atoms with van der Waals surface area (Å²) in [4.78, 5) is 5.07. The van der Waals surface area contributed by atoms with Gasteiger partial charge in [0.1, 0.15) is 6.10 Å². The Bertz CT molecular complexity index is 156. The second-order valence-electron chi connectivity index (χ2n) is 3.06. The molecule has 64 valence electrons. The zero-order chi connectivity index (χ0) is 8.27. The Hall–Kier alpha value is -0.570. The lowest BCUT2D eigenvalue weighted by Crippen LogP contribution is -2.16. The average Bonchev–Trinajstić information content (AvgIpc) is 2.35. The first-order valence-corrected chi connectivity index (χ1v) is 4.09. The van der Waals surface area contributed by atoms with Crippen molar-refractivity contribution >= 4 is 5.71 Å². The fourth-order valence-electron chi connectivity index (χ4n) is 1.17. The van der Waals surface area contributed by atoms with Gasteiger partial charge in [0.05, 0.1) is 11.8 Å². The van der Waals surface area contributed by atoms with Crippen LogP contribution in [0.15, 0.2) is 5.16 Å². The highest BCUT2D eigenvalue weighted by molar-refractivity contribution is 5.82. The van der Waals surface area contributed by atoms with Crippen molar-refractivity contribution in [3.05, 3.63) is 0 Å². The molecule has 2 atom stereocenters. The summed E-state index contributed by atoms with van der Waals surface area (Å²) >= 11 is 0. The lowest BCUT2D eigenvalue weighted by atomic mass is 10.1. The van der Waals surface area contributed by atoms with Gasteiger partial charge in [-0.2, -0.15) is 0 Å². The summed E-state index contributed by atoms with van der Waals surface area (Å²) in [6.45, 7) is 3.91. The summed E-state index contributed by atoms with van der Waals surface area (Å²) in [5, 5.41) is 13.1. The van der Waals surface area contributed by atoms with Crippen LogP contribution in [-0.4, -0.2) is 23.0 Å². The molecule has 3 nitrogen and oxygen atoms in total. The molecule has 3 heteroatoms. The first-order valence-electron chi connectivity index (χ1n) is 4.09. The SMILES string of the molecule is CCC(O)CC1CC(C)=NO1. The molecular formula is C8H15NO2. The molecule has 0 bridgehead atoms. The molecule has 2 unspecified atom stereocenters. The lowest BCUT2D eigenvalue weighted by molar-refractivity contribution is 0.0357. The normalized spacial score (nSPS) is 26.1. The summed E-state index contributed by atoms with van der Waals surface area (Å²) < 4.78 is 0. The molecule has 0 fully saturated rings. The molecule has 0 amide bonds. The van der Waals surface area contributed by atoms with Gasteiger partial charge in [-0.3, -0.25) is 0 Å². The Morgan fingerprint density at radius 3 is 3.00 bits per heavy atom. The maximum atomic E-state index is 9.27. The topological polar surface area (TPSA) is 41.8 Å². The number of oxime groups is 1. The van der Waals surface area contributed by atoms with E-state index >= 15 is 0 Å². The smallest absolute Gasteiger partial charge is 0.135 e. The zero-order valence-electron chi connectivity index (χ0n) is 7.08. The number of aliphatic hydroxyl groups excluding tert-OH is 1. The third-order valence-corrected chi connectivity index (χ3v) is 1.89. The number of rotatable bonds is 3. The van der Waals surface area contributed by atoms with Crippen LogP contribution in [0.1, 0.15) is 33.1 Å². The monoisotopic (exact) mass is 157 g/mol. The minimum absolute atomic E-state index is 0.116. The molecule has 0 saturated carbocycles. The van der Waals surface area contributed by atoms with Crippen LogP contribution < -0.4 is 0 Å². The molecule has 1 aliphatic heterocycles. The van der Waals surface area contributed by atoms with Crippen LogP contribution in [0.3, 0.4) is 0 Å². The molecule has 1 N–H and O–H groups in total. The van der Waals surface area contributed by atoms with E-state index in [4.69, 9.17) is 4.84 Å². The summed E-state index contributed by atoms with van der Waals surface area (Å²) in [6.07, 6.45) is 2.25. The third kappa shape index (κ3) is 2.50. The summed E-state index contributed by atoms with van der Waals surface area (Å²) in [6, 6.07) is 0. The van der Waals surface area contributed by atoms with Crippen LogP contribution in [0.2, 0.25) is 0 Å². The van der Waals surface area contributed by atoms with Crippen LogP contribution in [0.25, 0.3) is 0 Å². The summed E-state index contributed by atoms with van der Waals surface area (Å²) in [7, 11) is 0. The zero-order valence-corrected chi connectivity index (χ0v) is 7.08. The van der Waals surface area contributed by atoms with Crippen LogP contribution in [0, 0.1) is 0 Å². The van der Waals surface area contributed by atoms with Crippen LogP contribution in [0.5, 0.6) is 0 Å². The van der Waals surface area contributed by atoms with Crippen molar-refractivity contribution in [1.29, 1.82) is 0 Å². The van der Waals surface area contributed by atoms with Gasteiger partial charge in [-0.15, -0.1) is 0 Å². The second kappa shape index (κ2) is 3.72. The van der Waals surface area contributed by atoms with E-state index in [1.54, 1.807) is 0 Å². The molecule has 1 rings (SSSR count). The van der Waals surface area contributed by atoms with Crippen molar-refractivity contribution in [2.24, 2.45) is 5.16 Å². The Labute approximate surface area is 67.0 Å². The van der Waals surface area contributed by atoms with E-state index in [2.05, 4.69) is 5.16 Å². The number of hydrogen-bond donors (Lipinski definition) is 1. The van der Waals surface area contributed by atoms with Gasteiger partial charge in [0.25, 0.3) is 0 Å². The fraction of sp³-hybridized carbons (Fsp3) is 0.875. The molecule has 0 saturated heterocycles. The molecule has 1 aliphatic rings. The highest BCUT2D eigenvalue weighted by Gasteiger charge is 2.20. The standard InChI is InChI=1S/C8H15NO2/c1-3-7(10)5-8-4-6(2)9-11-8/h7-8,10H,3-5H2,1-2H3. The first kappa shape index (κ1) is 8.53. The van der Waals surface area contributed by atoms with Crippen molar-refractivity contribution < 1.29 is 9.94 Å². The maximum Gasteiger partial charge on any atom is 0.135 e. The second-order valence-corrected chi connectivity index (χ2v) is 3.06. The highest BCUT2D eigenvalue weighted by Crippen LogP contribution is 2.16. The van der Waals surface area contributed by atoms with Gasteiger partial charge >= 0.3 is 0 Å². The highest BCUT2D eigenvalue weighted by atomic mass is 16.6.